The van der Waals surface area contributed by atoms with Crippen LogP contribution in [0.1, 0.15) is 31.9 Å². The van der Waals surface area contributed by atoms with Crippen molar-refractivity contribution in [3.05, 3.63) is 52.5 Å². The average molecular weight is 462 g/mol. The molecule has 0 aliphatic carbocycles. The lowest BCUT2D eigenvalue weighted by atomic mass is 10.0. The highest BCUT2D eigenvalue weighted by molar-refractivity contribution is 6.32. The number of hydrogen-bond acceptors (Lipinski definition) is 6. The summed E-state index contributed by atoms with van der Waals surface area (Å²) in [4.78, 5) is 24.9. The summed E-state index contributed by atoms with van der Waals surface area (Å²) in [6.07, 6.45) is 1.37. The number of aryl methyl sites for hydroxylation is 1. The molecule has 9 heteroatoms. The standard InChI is InChI=1S/C23H28ClN3O5/c1-5-31-19-11-16(10-17(24)22(19)29)12-25-27-23(30)21(14(2)3)26-20(28)13-32-18-9-7-6-8-15(18)4/h6-12,14,21,29H,5,13H2,1-4H3,(H,26,28)(H,27,30). The number of hydrazone groups is 1. The molecular weight excluding hydrogens is 434 g/mol. The predicted molar refractivity (Wildman–Crippen MR) is 123 cm³/mol. The van der Waals surface area contributed by atoms with E-state index in [-0.39, 0.29) is 29.0 Å². The van der Waals surface area contributed by atoms with Crippen LogP contribution in [0.2, 0.25) is 5.02 Å². The average Bonchev–Trinajstić information content (AvgIpc) is 2.74. The Morgan fingerprint density at radius 2 is 1.91 bits per heavy atom. The highest BCUT2D eigenvalue weighted by atomic mass is 35.5. The highest BCUT2D eigenvalue weighted by Crippen LogP contribution is 2.34. The number of aromatic hydroxyl groups is 1. The molecule has 0 radical (unpaired) electrons. The predicted octanol–water partition coefficient (Wildman–Crippen LogP) is 3.42. The number of halogens is 1. The van der Waals surface area contributed by atoms with E-state index < -0.39 is 17.9 Å². The number of benzene rings is 2. The van der Waals surface area contributed by atoms with Crippen LogP contribution in [0, 0.1) is 12.8 Å². The summed E-state index contributed by atoms with van der Waals surface area (Å²) in [5.41, 5.74) is 3.85. The first-order chi connectivity index (χ1) is 15.2. The van der Waals surface area contributed by atoms with Gasteiger partial charge in [-0.15, -0.1) is 0 Å². The van der Waals surface area contributed by atoms with Crippen molar-refractivity contribution in [3.8, 4) is 17.2 Å². The highest BCUT2D eigenvalue weighted by Gasteiger charge is 2.24. The molecule has 2 aromatic carbocycles. The smallest absolute Gasteiger partial charge is 0.262 e. The van der Waals surface area contributed by atoms with Gasteiger partial charge in [0, 0.05) is 0 Å². The molecular formula is C23H28ClN3O5. The molecule has 0 aliphatic heterocycles. The van der Waals surface area contributed by atoms with Gasteiger partial charge in [0.05, 0.1) is 17.8 Å². The number of nitrogens with zero attached hydrogens (tertiary/aromatic N) is 1. The quantitative estimate of drug-likeness (QED) is 0.371. The van der Waals surface area contributed by atoms with Crippen LogP contribution in [0.15, 0.2) is 41.5 Å². The Labute approximate surface area is 192 Å². The van der Waals surface area contributed by atoms with Crippen LogP contribution in [-0.2, 0) is 9.59 Å². The van der Waals surface area contributed by atoms with Crippen LogP contribution in [0.25, 0.3) is 0 Å². The third-order valence-corrected chi connectivity index (χ3v) is 4.75. The molecule has 0 heterocycles. The molecule has 2 aromatic rings. The van der Waals surface area contributed by atoms with Crippen LogP contribution >= 0.6 is 11.6 Å². The Bertz CT molecular complexity index is 978. The SMILES string of the molecule is CCOc1cc(C=NNC(=O)C(NC(=O)COc2ccccc2C)C(C)C)cc(Cl)c1O. The Balaban J connectivity index is 1.97. The fraction of sp³-hybridized carbons (Fsp3) is 0.348. The van der Waals surface area contributed by atoms with Crippen molar-refractivity contribution in [2.45, 2.75) is 33.7 Å². The third-order valence-electron chi connectivity index (χ3n) is 4.46. The first-order valence-electron chi connectivity index (χ1n) is 10.2. The van der Waals surface area contributed by atoms with E-state index in [0.29, 0.717) is 17.9 Å². The molecule has 32 heavy (non-hydrogen) atoms. The number of nitrogens with one attached hydrogen (secondary N) is 2. The van der Waals surface area contributed by atoms with E-state index >= 15 is 0 Å². The van der Waals surface area contributed by atoms with Gasteiger partial charge in [-0.1, -0.05) is 43.6 Å². The molecule has 0 aromatic heterocycles. The Hall–Kier alpha value is -3.26. The lowest BCUT2D eigenvalue weighted by molar-refractivity contribution is -0.131. The molecule has 1 atom stereocenters. The van der Waals surface area contributed by atoms with E-state index in [1.54, 1.807) is 19.1 Å². The van der Waals surface area contributed by atoms with E-state index in [2.05, 4.69) is 15.8 Å². The van der Waals surface area contributed by atoms with Gasteiger partial charge in [-0.2, -0.15) is 5.10 Å². The fourth-order valence-corrected chi connectivity index (χ4v) is 3.00. The number of para-hydroxylation sites is 1. The molecule has 2 rings (SSSR count). The van der Waals surface area contributed by atoms with Crippen molar-refractivity contribution in [3.63, 3.8) is 0 Å². The first kappa shape index (κ1) is 25.0. The van der Waals surface area contributed by atoms with E-state index in [4.69, 9.17) is 21.1 Å². The Kier molecular flexibility index (Phi) is 9.34. The molecule has 8 nitrogen and oxygen atoms in total. The Morgan fingerprint density at radius 1 is 1.19 bits per heavy atom. The largest absolute Gasteiger partial charge is 0.503 e. The number of ether oxygens (including phenoxy) is 2. The van der Waals surface area contributed by atoms with Crippen LogP contribution in [-0.4, -0.2) is 42.4 Å². The minimum Gasteiger partial charge on any atom is -0.503 e. The van der Waals surface area contributed by atoms with Crippen LogP contribution < -0.4 is 20.2 Å². The van der Waals surface area contributed by atoms with E-state index in [1.807, 2.05) is 39.0 Å². The topological polar surface area (TPSA) is 109 Å². The molecule has 0 bridgehead atoms. The molecule has 172 valence electrons. The van der Waals surface area contributed by atoms with Crippen LogP contribution in [0.5, 0.6) is 17.2 Å². The molecule has 0 saturated carbocycles. The van der Waals surface area contributed by atoms with Gasteiger partial charge in [0.15, 0.2) is 18.1 Å². The summed E-state index contributed by atoms with van der Waals surface area (Å²) in [7, 11) is 0. The molecule has 0 aliphatic rings. The van der Waals surface area contributed by atoms with Crippen molar-refractivity contribution in [1.29, 1.82) is 0 Å². The van der Waals surface area contributed by atoms with Gasteiger partial charge in [-0.25, -0.2) is 5.43 Å². The maximum atomic E-state index is 12.6. The summed E-state index contributed by atoms with van der Waals surface area (Å²) in [6, 6.07) is 9.59. The third kappa shape index (κ3) is 7.16. The van der Waals surface area contributed by atoms with E-state index in [9.17, 15) is 14.7 Å². The van der Waals surface area contributed by atoms with Gasteiger partial charge >= 0.3 is 0 Å². The maximum Gasteiger partial charge on any atom is 0.262 e. The summed E-state index contributed by atoms with van der Waals surface area (Å²) in [5.74, 6) is -0.413. The number of phenolic OH excluding ortho intramolecular Hbond substituents is 1. The Morgan fingerprint density at radius 3 is 2.56 bits per heavy atom. The molecule has 3 N–H and O–H groups in total. The van der Waals surface area contributed by atoms with E-state index in [0.717, 1.165) is 5.56 Å². The van der Waals surface area contributed by atoms with Crippen molar-refractivity contribution in [2.75, 3.05) is 13.2 Å². The van der Waals surface area contributed by atoms with Gasteiger partial charge < -0.3 is 19.9 Å². The zero-order valence-electron chi connectivity index (χ0n) is 18.5. The van der Waals surface area contributed by atoms with Gasteiger partial charge in [0.2, 0.25) is 0 Å². The lowest BCUT2D eigenvalue weighted by Gasteiger charge is -2.20. The zero-order valence-corrected chi connectivity index (χ0v) is 19.3. The molecule has 0 saturated heterocycles. The summed E-state index contributed by atoms with van der Waals surface area (Å²) in [5, 5.41) is 16.6. The van der Waals surface area contributed by atoms with Crippen molar-refractivity contribution >= 4 is 29.6 Å². The molecule has 2 amide bonds. The normalized spacial score (nSPS) is 11.9. The molecule has 1 unspecified atom stereocenters. The summed E-state index contributed by atoms with van der Waals surface area (Å²) >= 11 is 5.99. The maximum absolute atomic E-state index is 12.6. The van der Waals surface area contributed by atoms with Gasteiger partial charge in [0.1, 0.15) is 11.8 Å². The molecule has 0 fully saturated rings. The van der Waals surface area contributed by atoms with Gasteiger partial charge in [-0.05, 0) is 49.1 Å². The number of rotatable bonds is 10. The number of carbonyl (C=O) groups excluding carboxylic acids is 2. The fourth-order valence-electron chi connectivity index (χ4n) is 2.79. The van der Waals surface area contributed by atoms with Crippen molar-refractivity contribution in [2.24, 2.45) is 11.0 Å². The summed E-state index contributed by atoms with van der Waals surface area (Å²) < 4.78 is 10.9. The summed E-state index contributed by atoms with van der Waals surface area (Å²) in [6.45, 7) is 7.42. The van der Waals surface area contributed by atoms with E-state index in [1.165, 1.54) is 12.3 Å². The first-order valence-corrected chi connectivity index (χ1v) is 10.6. The lowest BCUT2D eigenvalue weighted by Crippen LogP contribution is -2.49. The minimum absolute atomic E-state index is 0.102. The van der Waals surface area contributed by atoms with Gasteiger partial charge in [-0.3, -0.25) is 9.59 Å². The van der Waals surface area contributed by atoms with Crippen LogP contribution in [0.3, 0.4) is 0 Å². The number of phenols is 1. The second-order valence-electron chi connectivity index (χ2n) is 7.36. The second-order valence-corrected chi connectivity index (χ2v) is 7.77. The van der Waals surface area contributed by atoms with Gasteiger partial charge in [0.25, 0.3) is 11.8 Å². The van der Waals surface area contributed by atoms with Crippen molar-refractivity contribution in [1.82, 2.24) is 10.7 Å². The second kappa shape index (κ2) is 12.0. The van der Waals surface area contributed by atoms with Crippen LogP contribution in [0.4, 0.5) is 0 Å². The number of hydrogen-bond donors (Lipinski definition) is 3. The monoisotopic (exact) mass is 461 g/mol. The molecule has 0 spiro atoms. The zero-order chi connectivity index (χ0) is 23.7. The number of carbonyl (C=O) groups is 2. The minimum atomic E-state index is -0.803. The van der Waals surface area contributed by atoms with Crippen molar-refractivity contribution < 1.29 is 24.2 Å². The number of amides is 2.